The third-order valence-electron chi connectivity index (χ3n) is 6.57. The zero-order valence-corrected chi connectivity index (χ0v) is 19.8. The largest absolute Gasteiger partial charge is 0.495 e. The summed E-state index contributed by atoms with van der Waals surface area (Å²) in [5.74, 6) is 1.07. The van der Waals surface area contributed by atoms with E-state index in [1.807, 2.05) is 37.3 Å². The lowest BCUT2D eigenvalue weighted by molar-refractivity contribution is -0.118. The molecule has 1 amide bonds. The fourth-order valence-electron chi connectivity index (χ4n) is 5.10. The zero-order chi connectivity index (χ0) is 24.0. The number of benzene rings is 2. The maximum Gasteiger partial charge on any atom is 0.254 e. The van der Waals surface area contributed by atoms with Crippen LogP contribution in [0, 0.1) is 5.41 Å². The molecule has 2 heterocycles. The number of hydrogen-bond acceptors (Lipinski definition) is 6. The van der Waals surface area contributed by atoms with E-state index in [1.54, 1.807) is 19.2 Å². The monoisotopic (exact) mass is 460 g/mol. The van der Waals surface area contributed by atoms with Gasteiger partial charge in [0.1, 0.15) is 5.75 Å². The van der Waals surface area contributed by atoms with Gasteiger partial charge in [-0.2, -0.15) is 0 Å². The number of ether oxygens (including phenoxy) is 3. The number of allylic oxidation sites excluding steroid dienone is 3. The molecule has 0 spiro atoms. The van der Waals surface area contributed by atoms with Crippen molar-refractivity contribution in [2.45, 2.75) is 39.5 Å². The molecule has 0 radical (unpaired) electrons. The van der Waals surface area contributed by atoms with Crippen LogP contribution in [0.5, 0.6) is 17.2 Å². The van der Waals surface area contributed by atoms with Crippen molar-refractivity contribution in [3.05, 3.63) is 70.6 Å². The van der Waals surface area contributed by atoms with Crippen molar-refractivity contribution in [2.75, 3.05) is 19.2 Å². The number of para-hydroxylation sites is 2. The highest BCUT2D eigenvalue weighted by atomic mass is 16.7. The molecule has 3 aliphatic rings. The number of rotatable bonds is 4. The molecular formula is C27H28N2O5. The fraction of sp³-hybridized carbons (Fsp3) is 0.333. The van der Waals surface area contributed by atoms with Crippen LogP contribution in [0.25, 0.3) is 0 Å². The first-order valence-corrected chi connectivity index (χ1v) is 11.4. The van der Waals surface area contributed by atoms with Gasteiger partial charge in [-0.15, -0.1) is 0 Å². The third-order valence-corrected chi connectivity index (χ3v) is 6.57. The van der Waals surface area contributed by atoms with Crippen molar-refractivity contribution in [3.8, 4) is 17.2 Å². The number of dihydropyridines is 1. The summed E-state index contributed by atoms with van der Waals surface area (Å²) in [7, 11) is 1.56. The molecule has 34 heavy (non-hydrogen) atoms. The van der Waals surface area contributed by atoms with E-state index in [0.29, 0.717) is 40.5 Å². The highest BCUT2D eigenvalue weighted by Crippen LogP contribution is 2.48. The number of fused-ring (bicyclic) bond motifs is 1. The molecule has 2 aliphatic heterocycles. The number of hydrogen-bond donors (Lipinski definition) is 2. The lowest BCUT2D eigenvalue weighted by atomic mass is 9.68. The number of Topliss-reactive ketones (excluding diaryl/α,β-unsaturated/α-hetero) is 1. The van der Waals surface area contributed by atoms with Gasteiger partial charge >= 0.3 is 0 Å². The average molecular weight is 461 g/mol. The van der Waals surface area contributed by atoms with Crippen LogP contribution in [-0.2, 0) is 9.59 Å². The number of methoxy groups -OCH3 is 1. The summed E-state index contributed by atoms with van der Waals surface area (Å²) < 4.78 is 16.5. The van der Waals surface area contributed by atoms with Crippen LogP contribution in [0.2, 0.25) is 0 Å². The number of amides is 1. The van der Waals surface area contributed by atoms with Crippen LogP contribution >= 0.6 is 0 Å². The Morgan fingerprint density at radius 2 is 1.88 bits per heavy atom. The number of ketones is 1. The van der Waals surface area contributed by atoms with Gasteiger partial charge in [0.2, 0.25) is 6.79 Å². The minimum absolute atomic E-state index is 0.0523. The summed E-state index contributed by atoms with van der Waals surface area (Å²) in [6.45, 7) is 6.22. The van der Waals surface area contributed by atoms with E-state index in [0.717, 1.165) is 23.4 Å². The van der Waals surface area contributed by atoms with Gasteiger partial charge in [-0.1, -0.05) is 32.0 Å². The molecule has 2 N–H and O–H groups in total. The van der Waals surface area contributed by atoms with Crippen molar-refractivity contribution < 1.29 is 23.8 Å². The van der Waals surface area contributed by atoms with Gasteiger partial charge in [0, 0.05) is 34.9 Å². The minimum atomic E-state index is -0.524. The molecule has 0 bridgehead atoms. The molecule has 5 rings (SSSR count). The summed E-state index contributed by atoms with van der Waals surface area (Å²) in [6.07, 6.45) is 1.16. The maximum atomic E-state index is 13.7. The molecule has 1 aliphatic carbocycles. The van der Waals surface area contributed by atoms with Crippen LogP contribution in [0.3, 0.4) is 0 Å². The van der Waals surface area contributed by atoms with Gasteiger partial charge in [0.25, 0.3) is 5.91 Å². The molecule has 0 aromatic heterocycles. The second kappa shape index (κ2) is 8.24. The van der Waals surface area contributed by atoms with E-state index in [1.165, 1.54) is 0 Å². The van der Waals surface area contributed by atoms with E-state index in [9.17, 15) is 9.59 Å². The van der Waals surface area contributed by atoms with E-state index < -0.39 is 5.92 Å². The van der Waals surface area contributed by atoms with Crippen LogP contribution in [0.4, 0.5) is 5.69 Å². The second-order valence-corrected chi connectivity index (χ2v) is 9.70. The predicted molar refractivity (Wildman–Crippen MR) is 128 cm³/mol. The quantitative estimate of drug-likeness (QED) is 0.690. The van der Waals surface area contributed by atoms with Crippen molar-refractivity contribution in [3.63, 3.8) is 0 Å². The summed E-state index contributed by atoms with van der Waals surface area (Å²) in [5, 5.41) is 6.38. The first kappa shape index (κ1) is 22.1. The molecule has 0 saturated heterocycles. The van der Waals surface area contributed by atoms with Gasteiger partial charge < -0.3 is 24.8 Å². The van der Waals surface area contributed by atoms with Crippen LogP contribution in [0.15, 0.2) is 65.0 Å². The Hall–Kier alpha value is -3.74. The van der Waals surface area contributed by atoms with Crippen molar-refractivity contribution >= 4 is 17.4 Å². The van der Waals surface area contributed by atoms with E-state index in [-0.39, 0.29) is 23.9 Å². The van der Waals surface area contributed by atoms with Gasteiger partial charge in [0.05, 0.1) is 12.8 Å². The molecule has 0 saturated carbocycles. The SMILES string of the molecule is COc1ccccc1NC(=O)C1=C(C)NC2=C(C(=O)CC(C)(C)C2)[C@H]1c1ccc2c(c1)OCO2. The Kier molecular flexibility index (Phi) is 5.35. The Balaban J connectivity index is 1.61. The van der Waals surface area contributed by atoms with Crippen LogP contribution < -0.4 is 24.8 Å². The molecular weight excluding hydrogens is 432 g/mol. The second-order valence-electron chi connectivity index (χ2n) is 9.70. The number of nitrogens with one attached hydrogen (secondary N) is 2. The van der Waals surface area contributed by atoms with Crippen molar-refractivity contribution in [2.24, 2.45) is 5.41 Å². The number of carbonyl (C=O) groups excluding carboxylic acids is 2. The summed E-state index contributed by atoms with van der Waals surface area (Å²) in [5.41, 5.74) is 3.98. The van der Waals surface area contributed by atoms with Gasteiger partial charge in [-0.05, 0) is 48.6 Å². The predicted octanol–water partition coefficient (Wildman–Crippen LogP) is 4.67. The van der Waals surface area contributed by atoms with E-state index in [4.69, 9.17) is 14.2 Å². The van der Waals surface area contributed by atoms with Gasteiger partial charge in [-0.3, -0.25) is 9.59 Å². The normalized spacial score (nSPS) is 20.6. The molecule has 1 atom stereocenters. The van der Waals surface area contributed by atoms with Crippen molar-refractivity contribution in [1.82, 2.24) is 5.32 Å². The van der Waals surface area contributed by atoms with Crippen LogP contribution in [-0.4, -0.2) is 25.6 Å². The molecule has 7 nitrogen and oxygen atoms in total. The molecule has 0 unspecified atom stereocenters. The van der Waals surface area contributed by atoms with Gasteiger partial charge in [0.15, 0.2) is 17.3 Å². The van der Waals surface area contributed by atoms with E-state index >= 15 is 0 Å². The molecule has 176 valence electrons. The zero-order valence-electron chi connectivity index (χ0n) is 19.8. The lowest BCUT2D eigenvalue weighted by Crippen LogP contribution is -2.39. The van der Waals surface area contributed by atoms with E-state index in [2.05, 4.69) is 24.5 Å². The standard InChI is InChI=1S/C27H28N2O5/c1-15-23(26(31)29-17-7-5-6-8-20(17)32-4)24(16-9-10-21-22(11-16)34-14-33-21)25-18(28-15)12-27(2,3)13-19(25)30/h5-11,24,28H,12-14H2,1-4H3,(H,29,31)/t24-/m0/s1. The Bertz CT molecular complexity index is 1260. The molecule has 7 heteroatoms. The number of anilines is 1. The Morgan fingerprint density at radius 1 is 1.12 bits per heavy atom. The summed E-state index contributed by atoms with van der Waals surface area (Å²) in [4.78, 5) is 27.2. The topological polar surface area (TPSA) is 85.9 Å². The lowest BCUT2D eigenvalue weighted by Gasteiger charge is -2.39. The summed E-state index contributed by atoms with van der Waals surface area (Å²) >= 11 is 0. The molecule has 2 aromatic rings. The first-order chi connectivity index (χ1) is 16.3. The molecule has 0 fully saturated rings. The smallest absolute Gasteiger partial charge is 0.254 e. The first-order valence-electron chi connectivity index (χ1n) is 11.4. The maximum absolute atomic E-state index is 13.7. The fourth-order valence-corrected chi connectivity index (χ4v) is 5.10. The highest BCUT2D eigenvalue weighted by Gasteiger charge is 2.43. The van der Waals surface area contributed by atoms with Gasteiger partial charge in [-0.25, -0.2) is 0 Å². The van der Waals surface area contributed by atoms with Crippen LogP contribution in [0.1, 0.15) is 45.1 Å². The molecule has 2 aromatic carbocycles. The minimum Gasteiger partial charge on any atom is -0.495 e. The third kappa shape index (κ3) is 3.81. The summed E-state index contributed by atoms with van der Waals surface area (Å²) in [6, 6.07) is 12.9. The Morgan fingerprint density at radius 3 is 2.68 bits per heavy atom. The average Bonchev–Trinajstić information content (AvgIpc) is 3.25. The Labute approximate surface area is 198 Å². The van der Waals surface area contributed by atoms with Crippen molar-refractivity contribution in [1.29, 1.82) is 0 Å². The highest BCUT2D eigenvalue weighted by molar-refractivity contribution is 6.10. The number of carbonyl (C=O) groups is 2.